The molecule has 2 aromatic heterocycles. The molecule has 3 aromatic rings. The van der Waals surface area contributed by atoms with E-state index in [9.17, 15) is 19.0 Å². The SMILES string of the molecule is O=C(O)C1CCCCC1c1nn(-c2cncc(Cl)c2)cc1-c1ccc(N2CCS(O)(O)CC2)cc1. The zero-order valence-electron chi connectivity index (χ0n) is 19.3. The Bertz CT molecular complexity index is 1210. The van der Waals surface area contributed by atoms with E-state index in [0.29, 0.717) is 36.0 Å². The fourth-order valence-electron chi connectivity index (χ4n) is 5.13. The number of anilines is 1. The minimum atomic E-state index is -2.45. The molecule has 0 amide bonds. The summed E-state index contributed by atoms with van der Waals surface area (Å²) in [5.74, 6) is -0.631. The Kier molecular flexibility index (Phi) is 6.76. The van der Waals surface area contributed by atoms with Gasteiger partial charge in [0.1, 0.15) is 0 Å². The molecule has 10 heteroatoms. The van der Waals surface area contributed by atoms with Crippen LogP contribution < -0.4 is 4.90 Å². The Morgan fingerprint density at radius 2 is 1.74 bits per heavy atom. The third kappa shape index (κ3) is 5.18. The molecule has 5 rings (SSSR count). The molecule has 2 fully saturated rings. The number of pyridine rings is 1. The van der Waals surface area contributed by atoms with Crippen LogP contribution in [-0.4, -0.2) is 59.5 Å². The molecule has 2 unspecified atom stereocenters. The lowest BCUT2D eigenvalue weighted by Crippen LogP contribution is -2.38. The molecule has 2 aliphatic rings. The molecular formula is C25H29ClN4O4S. The lowest BCUT2D eigenvalue weighted by atomic mass is 9.76. The first-order chi connectivity index (χ1) is 16.8. The molecule has 1 aromatic carbocycles. The fourth-order valence-corrected chi connectivity index (χ4v) is 6.53. The van der Waals surface area contributed by atoms with Gasteiger partial charge in [-0.15, -0.1) is 0 Å². The molecule has 2 atom stereocenters. The molecule has 186 valence electrons. The molecule has 0 radical (unpaired) electrons. The second kappa shape index (κ2) is 9.81. The van der Waals surface area contributed by atoms with Gasteiger partial charge >= 0.3 is 5.97 Å². The molecule has 0 bridgehead atoms. The summed E-state index contributed by atoms with van der Waals surface area (Å²) >= 11 is 6.16. The smallest absolute Gasteiger partial charge is 0.307 e. The maximum absolute atomic E-state index is 12.1. The van der Waals surface area contributed by atoms with E-state index in [2.05, 4.69) is 9.88 Å². The van der Waals surface area contributed by atoms with Crippen molar-refractivity contribution in [2.75, 3.05) is 29.5 Å². The number of aromatic nitrogens is 3. The molecule has 1 saturated carbocycles. The number of halogens is 1. The first kappa shape index (κ1) is 24.1. The summed E-state index contributed by atoms with van der Waals surface area (Å²) in [5, 5.41) is 15.3. The second-order valence-corrected chi connectivity index (χ2v) is 12.2. The number of rotatable bonds is 5. The van der Waals surface area contributed by atoms with Crippen molar-refractivity contribution in [1.82, 2.24) is 14.8 Å². The van der Waals surface area contributed by atoms with Crippen LogP contribution in [0.5, 0.6) is 0 Å². The van der Waals surface area contributed by atoms with E-state index in [0.717, 1.165) is 47.5 Å². The summed E-state index contributed by atoms with van der Waals surface area (Å²) in [6, 6.07) is 9.91. The number of benzene rings is 1. The zero-order chi connectivity index (χ0) is 24.6. The fraction of sp³-hybridized carbons (Fsp3) is 0.400. The van der Waals surface area contributed by atoms with Gasteiger partial charge in [-0.1, -0.05) is 36.6 Å². The van der Waals surface area contributed by atoms with Crippen LogP contribution in [0.4, 0.5) is 5.69 Å². The summed E-state index contributed by atoms with van der Waals surface area (Å²) in [4.78, 5) is 18.4. The summed E-state index contributed by atoms with van der Waals surface area (Å²) in [6.45, 7) is 1.21. The van der Waals surface area contributed by atoms with Gasteiger partial charge in [0.2, 0.25) is 0 Å². The van der Waals surface area contributed by atoms with Crippen LogP contribution in [0.25, 0.3) is 16.8 Å². The highest BCUT2D eigenvalue weighted by Crippen LogP contribution is 2.43. The van der Waals surface area contributed by atoms with Crippen LogP contribution in [0.3, 0.4) is 0 Å². The normalized spacial score (nSPS) is 23.1. The summed E-state index contributed by atoms with van der Waals surface area (Å²) in [7, 11) is -2.45. The molecule has 0 spiro atoms. The number of carboxylic acid groups (broad SMARTS) is 1. The quantitative estimate of drug-likeness (QED) is 0.409. The molecule has 1 aliphatic heterocycles. The molecule has 1 saturated heterocycles. The van der Waals surface area contributed by atoms with Crippen LogP contribution in [0.2, 0.25) is 5.02 Å². The third-order valence-corrected chi connectivity index (χ3v) is 8.93. The Balaban J connectivity index is 1.51. The average molecular weight is 517 g/mol. The predicted molar refractivity (Wildman–Crippen MR) is 139 cm³/mol. The predicted octanol–water partition coefficient (Wildman–Crippen LogP) is 5.52. The molecular weight excluding hydrogens is 488 g/mol. The highest BCUT2D eigenvalue weighted by Gasteiger charge is 2.35. The Hall–Kier alpha value is -2.59. The lowest BCUT2D eigenvalue weighted by Gasteiger charge is -2.41. The van der Waals surface area contributed by atoms with Crippen LogP contribution in [0.15, 0.2) is 48.9 Å². The van der Waals surface area contributed by atoms with Crippen molar-refractivity contribution in [3.8, 4) is 16.8 Å². The zero-order valence-corrected chi connectivity index (χ0v) is 20.8. The number of carboxylic acids is 1. The topological polar surface area (TPSA) is 112 Å². The Labute approximate surface area is 210 Å². The summed E-state index contributed by atoms with van der Waals surface area (Å²) in [5.41, 5.74) is 4.40. The monoisotopic (exact) mass is 516 g/mol. The average Bonchev–Trinajstić information content (AvgIpc) is 3.30. The van der Waals surface area contributed by atoms with Crippen molar-refractivity contribution >= 4 is 33.8 Å². The van der Waals surface area contributed by atoms with Gasteiger partial charge in [0.25, 0.3) is 0 Å². The van der Waals surface area contributed by atoms with E-state index >= 15 is 0 Å². The van der Waals surface area contributed by atoms with E-state index in [1.807, 2.05) is 30.5 Å². The second-order valence-electron chi connectivity index (χ2n) is 9.31. The summed E-state index contributed by atoms with van der Waals surface area (Å²) < 4.78 is 21.6. The number of hydrogen-bond donors (Lipinski definition) is 3. The van der Waals surface area contributed by atoms with Crippen LogP contribution in [-0.2, 0) is 4.79 Å². The minimum Gasteiger partial charge on any atom is -0.481 e. The third-order valence-electron chi connectivity index (χ3n) is 7.05. The number of nitrogens with zero attached hydrogens (tertiary/aromatic N) is 4. The maximum Gasteiger partial charge on any atom is 0.307 e. The highest BCUT2D eigenvalue weighted by atomic mass is 35.5. The van der Waals surface area contributed by atoms with Gasteiger partial charge in [0.05, 0.1) is 40.0 Å². The van der Waals surface area contributed by atoms with Gasteiger partial charge in [-0.2, -0.15) is 15.7 Å². The molecule has 3 heterocycles. The maximum atomic E-state index is 12.1. The minimum absolute atomic E-state index is 0.170. The number of hydrogen-bond acceptors (Lipinski definition) is 6. The van der Waals surface area contributed by atoms with Crippen molar-refractivity contribution in [2.24, 2.45) is 5.92 Å². The van der Waals surface area contributed by atoms with Crippen molar-refractivity contribution in [2.45, 2.75) is 31.6 Å². The summed E-state index contributed by atoms with van der Waals surface area (Å²) in [6.07, 6.45) is 8.51. The molecule has 3 N–H and O–H groups in total. The van der Waals surface area contributed by atoms with Gasteiger partial charge < -0.3 is 10.0 Å². The van der Waals surface area contributed by atoms with Gasteiger partial charge in [-0.25, -0.2) is 4.68 Å². The van der Waals surface area contributed by atoms with Crippen LogP contribution in [0.1, 0.15) is 37.3 Å². The molecule has 35 heavy (non-hydrogen) atoms. The van der Waals surface area contributed by atoms with E-state index in [-0.39, 0.29) is 5.92 Å². The van der Waals surface area contributed by atoms with Crippen LogP contribution >= 0.6 is 22.2 Å². The highest BCUT2D eigenvalue weighted by molar-refractivity contribution is 8.24. The first-order valence-electron chi connectivity index (χ1n) is 11.8. The van der Waals surface area contributed by atoms with Gasteiger partial charge in [0, 0.05) is 42.7 Å². The van der Waals surface area contributed by atoms with Crippen molar-refractivity contribution < 1.29 is 19.0 Å². The molecule has 1 aliphatic carbocycles. The van der Waals surface area contributed by atoms with Crippen molar-refractivity contribution in [3.05, 3.63) is 59.6 Å². The number of carbonyl (C=O) groups is 1. The van der Waals surface area contributed by atoms with Gasteiger partial charge in [-0.3, -0.25) is 18.9 Å². The lowest BCUT2D eigenvalue weighted by molar-refractivity contribution is -0.143. The van der Waals surface area contributed by atoms with E-state index in [4.69, 9.17) is 16.7 Å². The molecule has 8 nitrogen and oxygen atoms in total. The van der Waals surface area contributed by atoms with Crippen molar-refractivity contribution in [3.63, 3.8) is 0 Å². The Morgan fingerprint density at radius 3 is 2.43 bits per heavy atom. The standard InChI is InChI=1S/C25H29ClN4O4S/c26-18-13-20(15-27-14-18)30-16-23(24(28-30)21-3-1-2-4-22(21)25(31)32)17-5-7-19(8-6-17)29-9-11-35(33,34)12-10-29/h5-8,13-16,21-22,33-34H,1-4,9-12H2,(H,31,32). The van der Waals surface area contributed by atoms with E-state index < -0.39 is 22.5 Å². The van der Waals surface area contributed by atoms with Gasteiger partial charge in [0.15, 0.2) is 0 Å². The van der Waals surface area contributed by atoms with E-state index in [1.165, 1.54) is 0 Å². The van der Waals surface area contributed by atoms with Crippen LogP contribution in [0, 0.1) is 5.92 Å². The largest absolute Gasteiger partial charge is 0.481 e. The van der Waals surface area contributed by atoms with E-state index in [1.54, 1.807) is 23.1 Å². The number of aliphatic carboxylic acids is 1. The van der Waals surface area contributed by atoms with Crippen molar-refractivity contribution in [1.29, 1.82) is 0 Å². The first-order valence-corrected chi connectivity index (χ1v) is 14.1. The Morgan fingerprint density at radius 1 is 1.03 bits per heavy atom. The van der Waals surface area contributed by atoms with Gasteiger partial charge in [-0.05, 0) is 36.6 Å².